The quantitative estimate of drug-likeness (QED) is 0.713. The first-order chi connectivity index (χ1) is 14.8. The van der Waals surface area contributed by atoms with Crippen molar-refractivity contribution in [2.24, 2.45) is 17.3 Å². The summed E-state index contributed by atoms with van der Waals surface area (Å²) in [6.07, 6.45) is 1.99. The summed E-state index contributed by atoms with van der Waals surface area (Å²) in [5.41, 5.74) is -0.736. The minimum absolute atomic E-state index is 0.0560. The molecule has 3 fully saturated rings. The maximum Gasteiger partial charge on any atom is 0.260 e. The molecule has 0 aliphatic carbocycles. The molecule has 3 aliphatic rings. The van der Waals surface area contributed by atoms with Crippen LogP contribution in [0.5, 0.6) is 5.75 Å². The molecule has 0 N–H and O–H groups in total. The van der Waals surface area contributed by atoms with Gasteiger partial charge in [-0.3, -0.25) is 14.4 Å². The lowest BCUT2D eigenvalue weighted by molar-refractivity contribution is -0.142. The van der Waals surface area contributed by atoms with Crippen molar-refractivity contribution >= 4 is 17.7 Å². The second-order valence-electron chi connectivity index (χ2n) is 9.24. The minimum Gasteiger partial charge on any atom is -0.484 e. The zero-order valence-electron chi connectivity index (χ0n) is 18.2. The molecule has 1 aromatic carbocycles. The van der Waals surface area contributed by atoms with Crippen molar-refractivity contribution in [2.45, 2.75) is 26.7 Å². The largest absolute Gasteiger partial charge is 0.484 e. The molecular weight excluding hydrogens is 401 g/mol. The number of likely N-dealkylation sites (tertiary alicyclic amines) is 3. The van der Waals surface area contributed by atoms with E-state index in [0.29, 0.717) is 31.9 Å². The second kappa shape index (κ2) is 8.48. The Morgan fingerprint density at radius 2 is 1.65 bits per heavy atom. The Balaban J connectivity index is 1.47. The summed E-state index contributed by atoms with van der Waals surface area (Å²) < 4.78 is 18.6. The van der Waals surface area contributed by atoms with Crippen molar-refractivity contribution in [1.29, 1.82) is 0 Å². The maximum atomic E-state index is 13.6. The van der Waals surface area contributed by atoms with E-state index in [2.05, 4.69) is 0 Å². The van der Waals surface area contributed by atoms with Gasteiger partial charge in [0, 0.05) is 51.1 Å². The summed E-state index contributed by atoms with van der Waals surface area (Å²) >= 11 is 0. The van der Waals surface area contributed by atoms with Crippen LogP contribution in [0.1, 0.15) is 26.7 Å². The Bertz CT molecular complexity index is 853. The molecule has 7 nitrogen and oxygen atoms in total. The first-order valence-electron chi connectivity index (χ1n) is 11.0. The molecule has 168 valence electrons. The van der Waals surface area contributed by atoms with E-state index in [9.17, 15) is 18.8 Å². The molecule has 31 heavy (non-hydrogen) atoms. The summed E-state index contributed by atoms with van der Waals surface area (Å²) in [5, 5.41) is 0. The fraction of sp³-hybridized carbons (Fsp3) is 0.609. The molecule has 1 aromatic rings. The monoisotopic (exact) mass is 431 g/mol. The molecule has 2 atom stereocenters. The van der Waals surface area contributed by atoms with E-state index in [-0.39, 0.29) is 42.0 Å². The van der Waals surface area contributed by atoms with Crippen LogP contribution in [0.2, 0.25) is 0 Å². The van der Waals surface area contributed by atoms with Gasteiger partial charge in [0.25, 0.3) is 5.91 Å². The summed E-state index contributed by atoms with van der Waals surface area (Å²) in [6.45, 7) is 6.67. The van der Waals surface area contributed by atoms with Gasteiger partial charge in [0.05, 0.1) is 5.41 Å². The topological polar surface area (TPSA) is 70.2 Å². The first kappa shape index (κ1) is 21.6. The number of fused-ring (bicyclic) bond motifs is 1. The highest BCUT2D eigenvalue weighted by molar-refractivity contribution is 5.89. The van der Waals surface area contributed by atoms with Crippen molar-refractivity contribution in [2.75, 3.05) is 45.9 Å². The summed E-state index contributed by atoms with van der Waals surface area (Å²) in [7, 11) is 0. The number of amides is 3. The number of halogens is 1. The molecule has 3 aliphatic heterocycles. The van der Waals surface area contributed by atoms with Crippen LogP contribution < -0.4 is 4.74 Å². The van der Waals surface area contributed by atoms with E-state index < -0.39 is 5.41 Å². The van der Waals surface area contributed by atoms with Gasteiger partial charge in [-0.05, 0) is 37.1 Å². The van der Waals surface area contributed by atoms with Crippen LogP contribution >= 0.6 is 0 Å². The average Bonchev–Trinajstić information content (AvgIpc) is 3.47. The minimum atomic E-state index is -0.736. The van der Waals surface area contributed by atoms with Gasteiger partial charge in [-0.2, -0.15) is 0 Å². The SMILES string of the molecule is CC(C)C(=O)N1C[C@H]2CN(C(=O)COc3ccc(F)cc3)C[C@@]2(C(=O)N2CCCC2)C1. The van der Waals surface area contributed by atoms with Gasteiger partial charge >= 0.3 is 0 Å². The lowest BCUT2D eigenvalue weighted by Crippen LogP contribution is -2.50. The molecule has 0 bridgehead atoms. The van der Waals surface area contributed by atoms with E-state index in [0.717, 1.165) is 25.9 Å². The van der Waals surface area contributed by atoms with Crippen LogP contribution in [0.3, 0.4) is 0 Å². The molecule has 0 aromatic heterocycles. The number of carbonyl (C=O) groups is 3. The third-order valence-corrected chi connectivity index (χ3v) is 6.76. The molecule has 0 radical (unpaired) electrons. The van der Waals surface area contributed by atoms with E-state index in [1.54, 1.807) is 9.80 Å². The first-order valence-corrected chi connectivity index (χ1v) is 11.0. The number of ether oxygens (including phenoxy) is 1. The fourth-order valence-corrected chi connectivity index (χ4v) is 5.09. The second-order valence-corrected chi connectivity index (χ2v) is 9.24. The highest BCUT2D eigenvalue weighted by Gasteiger charge is 2.60. The Hall–Kier alpha value is -2.64. The number of hydrogen-bond donors (Lipinski definition) is 0. The van der Waals surface area contributed by atoms with E-state index in [4.69, 9.17) is 4.74 Å². The third-order valence-electron chi connectivity index (χ3n) is 6.76. The van der Waals surface area contributed by atoms with Crippen LogP contribution in [-0.2, 0) is 14.4 Å². The molecule has 8 heteroatoms. The standard InChI is InChI=1S/C23H30FN3O4/c1-16(2)21(29)27-12-17-11-26(20(28)13-31-19-7-5-18(24)6-8-19)14-23(17,15-27)22(30)25-9-3-4-10-25/h5-8,16-17H,3-4,9-15H2,1-2H3/t17-,23-/m1/s1. The van der Waals surface area contributed by atoms with Crippen LogP contribution in [0, 0.1) is 23.1 Å². The van der Waals surface area contributed by atoms with Crippen molar-refractivity contribution < 1.29 is 23.5 Å². The summed E-state index contributed by atoms with van der Waals surface area (Å²) in [4.78, 5) is 44.4. The maximum absolute atomic E-state index is 13.6. The van der Waals surface area contributed by atoms with Crippen LogP contribution in [0.25, 0.3) is 0 Å². The zero-order valence-corrected chi connectivity index (χ0v) is 18.2. The van der Waals surface area contributed by atoms with Gasteiger partial charge in [-0.25, -0.2) is 4.39 Å². The number of carbonyl (C=O) groups excluding carboxylic acids is 3. The highest BCUT2D eigenvalue weighted by atomic mass is 19.1. The number of nitrogens with zero attached hydrogens (tertiary/aromatic N) is 3. The number of rotatable bonds is 5. The lowest BCUT2D eigenvalue weighted by Gasteiger charge is -2.32. The highest BCUT2D eigenvalue weighted by Crippen LogP contribution is 2.45. The fourth-order valence-electron chi connectivity index (χ4n) is 5.09. The summed E-state index contributed by atoms with van der Waals surface area (Å²) in [5.74, 6) is -0.212. The van der Waals surface area contributed by atoms with Crippen LogP contribution in [0.4, 0.5) is 4.39 Å². The number of benzene rings is 1. The Kier molecular flexibility index (Phi) is 5.90. The molecule has 0 spiro atoms. The Morgan fingerprint density at radius 1 is 1.03 bits per heavy atom. The predicted octanol–water partition coefficient (Wildman–Crippen LogP) is 1.77. The van der Waals surface area contributed by atoms with Crippen molar-refractivity contribution in [3.63, 3.8) is 0 Å². The van der Waals surface area contributed by atoms with Crippen molar-refractivity contribution in [1.82, 2.24) is 14.7 Å². The van der Waals surface area contributed by atoms with Gasteiger partial charge in [0.15, 0.2) is 6.61 Å². The van der Waals surface area contributed by atoms with E-state index in [1.807, 2.05) is 18.7 Å². The van der Waals surface area contributed by atoms with Crippen molar-refractivity contribution in [3.8, 4) is 5.75 Å². The predicted molar refractivity (Wildman–Crippen MR) is 112 cm³/mol. The summed E-state index contributed by atoms with van der Waals surface area (Å²) in [6, 6.07) is 5.53. The number of hydrogen-bond acceptors (Lipinski definition) is 4. The third kappa shape index (κ3) is 4.12. The molecule has 3 heterocycles. The molecule has 3 saturated heterocycles. The Morgan fingerprint density at radius 3 is 2.29 bits per heavy atom. The van der Waals surface area contributed by atoms with Gasteiger partial charge in [0.2, 0.25) is 11.8 Å². The van der Waals surface area contributed by atoms with Gasteiger partial charge in [0.1, 0.15) is 11.6 Å². The van der Waals surface area contributed by atoms with E-state index >= 15 is 0 Å². The van der Waals surface area contributed by atoms with Crippen LogP contribution in [0.15, 0.2) is 24.3 Å². The van der Waals surface area contributed by atoms with Crippen molar-refractivity contribution in [3.05, 3.63) is 30.1 Å². The zero-order chi connectivity index (χ0) is 22.2. The average molecular weight is 432 g/mol. The Labute approximate surface area is 182 Å². The lowest BCUT2D eigenvalue weighted by atomic mass is 9.79. The molecular formula is C23H30FN3O4. The van der Waals surface area contributed by atoms with Gasteiger partial charge in [-0.1, -0.05) is 13.8 Å². The van der Waals surface area contributed by atoms with Gasteiger partial charge < -0.3 is 19.4 Å². The molecule has 3 amide bonds. The molecule has 0 unspecified atom stereocenters. The normalized spacial score (nSPS) is 25.3. The van der Waals surface area contributed by atoms with E-state index in [1.165, 1.54) is 24.3 Å². The van der Waals surface area contributed by atoms with Crippen LogP contribution in [-0.4, -0.2) is 78.3 Å². The van der Waals surface area contributed by atoms with Gasteiger partial charge in [-0.15, -0.1) is 0 Å². The molecule has 4 rings (SSSR count). The molecule has 0 saturated carbocycles. The smallest absolute Gasteiger partial charge is 0.260 e.